The lowest BCUT2D eigenvalue weighted by Gasteiger charge is -2.32. The van der Waals surface area contributed by atoms with E-state index in [-0.39, 0.29) is 5.91 Å². The van der Waals surface area contributed by atoms with Gasteiger partial charge in [-0.05, 0) is 30.9 Å². The van der Waals surface area contributed by atoms with Crippen molar-refractivity contribution in [3.8, 4) is 5.75 Å². The number of amides is 1. The highest BCUT2D eigenvalue weighted by Crippen LogP contribution is 2.19. The minimum Gasteiger partial charge on any atom is -0.493 e. The van der Waals surface area contributed by atoms with Gasteiger partial charge in [-0.1, -0.05) is 34.1 Å². The lowest BCUT2D eigenvalue weighted by Crippen LogP contribution is -2.40. The predicted molar refractivity (Wildman–Crippen MR) is 79.7 cm³/mol. The van der Waals surface area contributed by atoms with Gasteiger partial charge in [-0.25, -0.2) is 0 Å². The number of alkyl halides is 1. The molecular formula is C15H20BrNO2. The van der Waals surface area contributed by atoms with Crippen molar-refractivity contribution in [1.82, 2.24) is 4.90 Å². The Hall–Kier alpha value is -1.03. The summed E-state index contributed by atoms with van der Waals surface area (Å²) in [6.45, 7) is 2.24. The Morgan fingerprint density at radius 3 is 2.89 bits per heavy atom. The van der Waals surface area contributed by atoms with E-state index in [0.29, 0.717) is 18.9 Å². The SMILES string of the molecule is O=C(CCOc1ccccc1)N1CCCC(CBr)C1. The number of nitrogens with zero attached hydrogens (tertiary/aromatic N) is 1. The number of halogens is 1. The van der Waals surface area contributed by atoms with Crippen molar-refractivity contribution in [2.24, 2.45) is 5.92 Å². The fourth-order valence-corrected chi connectivity index (χ4v) is 2.88. The smallest absolute Gasteiger partial charge is 0.226 e. The molecule has 0 bridgehead atoms. The highest BCUT2D eigenvalue weighted by molar-refractivity contribution is 9.09. The number of carbonyl (C=O) groups excluding carboxylic acids is 1. The number of piperidine rings is 1. The van der Waals surface area contributed by atoms with Gasteiger partial charge in [0, 0.05) is 18.4 Å². The minimum absolute atomic E-state index is 0.210. The van der Waals surface area contributed by atoms with Crippen LogP contribution in [0.25, 0.3) is 0 Å². The van der Waals surface area contributed by atoms with E-state index < -0.39 is 0 Å². The second-order valence-electron chi connectivity index (χ2n) is 4.91. The predicted octanol–water partition coefficient (Wildman–Crippen LogP) is 3.09. The fraction of sp³-hybridized carbons (Fsp3) is 0.533. The van der Waals surface area contributed by atoms with E-state index in [4.69, 9.17) is 4.74 Å². The fourth-order valence-electron chi connectivity index (χ4n) is 2.35. The number of para-hydroxylation sites is 1. The first-order valence-electron chi connectivity index (χ1n) is 6.81. The molecule has 4 heteroatoms. The highest BCUT2D eigenvalue weighted by atomic mass is 79.9. The third-order valence-corrected chi connectivity index (χ3v) is 4.33. The number of ether oxygens (including phenoxy) is 1. The quantitative estimate of drug-likeness (QED) is 0.778. The molecule has 1 aliphatic rings. The molecule has 0 aromatic heterocycles. The second kappa shape index (κ2) is 7.53. The number of benzene rings is 1. The Morgan fingerprint density at radius 2 is 2.16 bits per heavy atom. The Bertz CT molecular complexity index is 396. The summed E-state index contributed by atoms with van der Waals surface area (Å²) in [5, 5.41) is 0.983. The molecule has 1 atom stereocenters. The molecule has 1 aromatic carbocycles. The van der Waals surface area contributed by atoms with E-state index in [2.05, 4.69) is 15.9 Å². The van der Waals surface area contributed by atoms with Gasteiger partial charge in [0.2, 0.25) is 5.91 Å². The molecule has 0 saturated carbocycles. The zero-order chi connectivity index (χ0) is 13.5. The summed E-state index contributed by atoms with van der Waals surface area (Å²) < 4.78 is 5.56. The zero-order valence-electron chi connectivity index (χ0n) is 11.1. The van der Waals surface area contributed by atoms with Crippen LogP contribution in [0.4, 0.5) is 0 Å². The molecule has 1 aromatic rings. The molecule has 1 fully saturated rings. The minimum atomic E-state index is 0.210. The van der Waals surface area contributed by atoms with Gasteiger partial charge in [0.25, 0.3) is 0 Å². The van der Waals surface area contributed by atoms with E-state index in [1.807, 2.05) is 35.2 Å². The van der Waals surface area contributed by atoms with Gasteiger partial charge in [0.15, 0.2) is 0 Å². The van der Waals surface area contributed by atoms with Gasteiger partial charge >= 0.3 is 0 Å². The third-order valence-electron chi connectivity index (χ3n) is 3.42. The van der Waals surface area contributed by atoms with Crippen molar-refractivity contribution in [1.29, 1.82) is 0 Å². The largest absolute Gasteiger partial charge is 0.493 e. The van der Waals surface area contributed by atoms with Crippen LogP contribution in [0.2, 0.25) is 0 Å². The normalized spacial score (nSPS) is 19.2. The first-order chi connectivity index (χ1) is 9.29. The van der Waals surface area contributed by atoms with Crippen LogP contribution in [0.1, 0.15) is 19.3 Å². The molecule has 1 amide bonds. The summed E-state index contributed by atoms with van der Waals surface area (Å²) in [6.07, 6.45) is 2.79. The van der Waals surface area contributed by atoms with Crippen LogP contribution in [0.15, 0.2) is 30.3 Å². The molecule has 19 heavy (non-hydrogen) atoms. The molecule has 0 N–H and O–H groups in total. The number of carbonyl (C=O) groups is 1. The van der Waals surface area contributed by atoms with Crippen LogP contribution < -0.4 is 4.74 Å². The zero-order valence-corrected chi connectivity index (χ0v) is 12.6. The topological polar surface area (TPSA) is 29.5 Å². The molecular weight excluding hydrogens is 306 g/mol. The van der Waals surface area contributed by atoms with Crippen LogP contribution in [0, 0.1) is 5.92 Å². The van der Waals surface area contributed by atoms with Gasteiger partial charge in [-0.3, -0.25) is 4.79 Å². The van der Waals surface area contributed by atoms with E-state index in [0.717, 1.165) is 30.6 Å². The molecule has 0 aliphatic carbocycles. The van der Waals surface area contributed by atoms with E-state index in [9.17, 15) is 4.79 Å². The Morgan fingerprint density at radius 1 is 1.37 bits per heavy atom. The van der Waals surface area contributed by atoms with Crippen LogP contribution in [-0.2, 0) is 4.79 Å². The average molecular weight is 326 g/mol. The molecule has 1 unspecified atom stereocenters. The Labute approximate surface area is 123 Å². The van der Waals surface area contributed by atoms with E-state index in [1.165, 1.54) is 6.42 Å². The second-order valence-corrected chi connectivity index (χ2v) is 5.56. The summed E-state index contributed by atoms with van der Waals surface area (Å²) in [5.74, 6) is 1.64. The van der Waals surface area contributed by atoms with Crippen LogP contribution in [0.3, 0.4) is 0 Å². The maximum absolute atomic E-state index is 12.1. The highest BCUT2D eigenvalue weighted by Gasteiger charge is 2.22. The van der Waals surface area contributed by atoms with Crippen LogP contribution in [0.5, 0.6) is 5.75 Å². The van der Waals surface area contributed by atoms with Crippen LogP contribution >= 0.6 is 15.9 Å². The molecule has 0 radical (unpaired) electrons. The first-order valence-corrected chi connectivity index (χ1v) is 7.93. The molecule has 1 saturated heterocycles. The Balaban J connectivity index is 1.72. The van der Waals surface area contributed by atoms with Crippen molar-refractivity contribution in [3.63, 3.8) is 0 Å². The van der Waals surface area contributed by atoms with Crippen molar-refractivity contribution in [2.45, 2.75) is 19.3 Å². The van der Waals surface area contributed by atoms with Gasteiger partial charge in [0.05, 0.1) is 13.0 Å². The number of hydrogen-bond donors (Lipinski definition) is 0. The molecule has 0 spiro atoms. The lowest BCUT2D eigenvalue weighted by atomic mass is 10.00. The number of rotatable bonds is 5. The van der Waals surface area contributed by atoms with Gasteiger partial charge < -0.3 is 9.64 Å². The summed E-state index contributed by atoms with van der Waals surface area (Å²) in [7, 11) is 0. The van der Waals surface area contributed by atoms with Crippen molar-refractivity contribution in [3.05, 3.63) is 30.3 Å². The monoisotopic (exact) mass is 325 g/mol. The van der Waals surface area contributed by atoms with Gasteiger partial charge in [-0.15, -0.1) is 0 Å². The lowest BCUT2D eigenvalue weighted by molar-refractivity contribution is -0.133. The third kappa shape index (κ3) is 4.53. The average Bonchev–Trinajstić information content (AvgIpc) is 2.48. The van der Waals surface area contributed by atoms with Gasteiger partial charge in [0.1, 0.15) is 5.75 Å². The summed E-state index contributed by atoms with van der Waals surface area (Å²) in [5.41, 5.74) is 0. The maximum atomic E-state index is 12.1. The standard InChI is InChI=1S/C15H20BrNO2/c16-11-13-5-4-9-17(12-13)15(18)8-10-19-14-6-2-1-3-7-14/h1-3,6-7,13H,4-5,8-12H2. The number of likely N-dealkylation sites (tertiary alicyclic amines) is 1. The van der Waals surface area contributed by atoms with E-state index in [1.54, 1.807) is 0 Å². The van der Waals surface area contributed by atoms with Crippen molar-refractivity contribution >= 4 is 21.8 Å². The van der Waals surface area contributed by atoms with Crippen LogP contribution in [-0.4, -0.2) is 35.8 Å². The van der Waals surface area contributed by atoms with Crippen molar-refractivity contribution < 1.29 is 9.53 Å². The molecule has 104 valence electrons. The molecule has 1 heterocycles. The summed E-state index contributed by atoms with van der Waals surface area (Å²) in [4.78, 5) is 14.1. The Kier molecular flexibility index (Phi) is 5.70. The van der Waals surface area contributed by atoms with E-state index >= 15 is 0 Å². The first kappa shape index (κ1) is 14.4. The summed E-state index contributed by atoms with van der Waals surface area (Å²) >= 11 is 3.51. The molecule has 1 aliphatic heterocycles. The maximum Gasteiger partial charge on any atom is 0.226 e. The van der Waals surface area contributed by atoms with Crippen molar-refractivity contribution in [2.75, 3.05) is 25.0 Å². The summed E-state index contributed by atoms with van der Waals surface area (Å²) in [6, 6.07) is 9.63. The molecule has 3 nitrogen and oxygen atoms in total. The number of hydrogen-bond acceptors (Lipinski definition) is 2. The van der Waals surface area contributed by atoms with Gasteiger partial charge in [-0.2, -0.15) is 0 Å². The molecule has 2 rings (SSSR count).